The predicted octanol–water partition coefficient (Wildman–Crippen LogP) is 1.86. The first kappa shape index (κ1) is 15.1. The van der Waals surface area contributed by atoms with Gasteiger partial charge in [-0.15, -0.1) is 0 Å². The van der Waals surface area contributed by atoms with E-state index in [1.165, 1.54) is 0 Å². The summed E-state index contributed by atoms with van der Waals surface area (Å²) in [6, 6.07) is 7.37. The Morgan fingerprint density at radius 2 is 2.10 bits per heavy atom. The van der Waals surface area contributed by atoms with Crippen LogP contribution in [0, 0.1) is 0 Å². The van der Waals surface area contributed by atoms with E-state index in [2.05, 4.69) is 5.10 Å². The fourth-order valence-electron chi connectivity index (χ4n) is 2.24. The summed E-state index contributed by atoms with van der Waals surface area (Å²) in [4.78, 5) is 13.1. The van der Waals surface area contributed by atoms with Crippen molar-refractivity contribution < 1.29 is 14.6 Å². The van der Waals surface area contributed by atoms with Crippen LogP contribution in [0.4, 0.5) is 0 Å². The van der Waals surface area contributed by atoms with Crippen LogP contribution in [0.3, 0.4) is 0 Å². The standard InChI is InChI=1S/C15H19N3O3/c1-17(2)9-11-7-10(5-6-14(11)21-4)13-8-12(15(19)20)16-18(13)3/h5-8H,9H2,1-4H3,(H,19,20). The van der Waals surface area contributed by atoms with E-state index in [0.717, 1.165) is 29.1 Å². The van der Waals surface area contributed by atoms with Gasteiger partial charge in [0.25, 0.3) is 0 Å². The van der Waals surface area contributed by atoms with Crippen molar-refractivity contribution in [3.05, 3.63) is 35.5 Å². The summed E-state index contributed by atoms with van der Waals surface area (Å²) in [6.07, 6.45) is 0. The number of hydrogen-bond acceptors (Lipinski definition) is 4. The molecule has 6 heteroatoms. The average molecular weight is 289 g/mol. The van der Waals surface area contributed by atoms with Gasteiger partial charge in [-0.05, 0) is 38.4 Å². The average Bonchev–Trinajstić information content (AvgIpc) is 2.80. The molecule has 0 aliphatic carbocycles. The molecule has 0 radical (unpaired) electrons. The van der Waals surface area contributed by atoms with E-state index in [9.17, 15) is 4.79 Å². The Bertz CT molecular complexity index is 662. The number of rotatable bonds is 5. The van der Waals surface area contributed by atoms with Crippen molar-refractivity contribution in [2.24, 2.45) is 7.05 Å². The molecule has 0 aliphatic heterocycles. The number of methoxy groups -OCH3 is 1. The predicted molar refractivity (Wildman–Crippen MR) is 79.5 cm³/mol. The van der Waals surface area contributed by atoms with Crippen molar-refractivity contribution >= 4 is 5.97 Å². The first-order valence-corrected chi connectivity index (χ1v) is 6.51. The number of ether oxygens (including phenoxy) is 1. The van der Waals surface area contributed by atoms with Gasteiger partial charge in [-0.1, -0.05) is 0 Å². The van der Waals surface area contributed by atoms with Crippen molar-refractivity contribution in [3.8, 4) is 17.0 Å². The molecule has 1 aromatic heterocycles. The van der Waals surface area contributed by atoms with Gasteiger partial charge in [0.05, 0.1) is 12.8 Å². The monoisotopic (exact) mass is 289 g/mol. The Labute approximate surface area is 123 Å². The van der Waals surface area contributed by atoms with Crippen molar-refractivity contribution in [3.63, 3.8) is 0 Å². The van der Waals surface area contributed by atoms with Crippen molar-refractivity contribution in [2.45, 2.75) is 6.54 Å². The Morgan fingerprint density at radius 1 is 1.38 bits per heavy atom. The lowest BCUT2D eigenvalue weighted by Gasteiger charge is -2.15. The molecule has 0 spiro atoms. The Morgan fingerprint density at radius 3 is 2.62 bits per heavy atom. The summed E-state index contributed by atoms with van der Waals surface area (Å²) in [5.74, 6) is -0.216. The van der Waals surface area contributed by atoms with Gasteiger partial charge in [0, 0.05) is 24.7 Å². The molecule has 1 heterocycles. The molecule has 0 saturated carbocycles. The van der Waals surface area contributed by atoms with Crippen LogP contribution < -0.4 is 4.74 Å². The molecule has 0 unspecified atom stereocenters. The highest BCUT2D eigenvalue weighted by Crippen LogP contribution is 2.27. The zero-order valence-electron chi connectivity index (χ0n) is 12.6. The highest BCUT2D eigenvalue weighted by molar-refractivity contribution is 5.87. The van der Waals surface area contributed by atoms with Gasteiger partial charge in [0.1, 0.15) is 5.75 Å². The molecule has 6 nitrogen and oxygen atoms in total. The Hall–Kier alpha value is -2.34. The summed E-state index contributed by atoms with van der Waals surface area (Å²) in [5.41, 5.74) is 2.75. The number of carboxylic acids is 1. The van der Waals surface area contributed by atoms with Gasteiger partial charge in [-0.25, -0.2) is 4.79 Å². The second-order valence-corrected chi connectivity index (χ2v) is 5.11. The van der Waals surface area contributed by atoms with E-state index in [0.29, 0.717) is 0 Å². The van der Waals surface area contributed by atoms with Gasteiger partial charge in [-0.3, -0.25) is 4.68 Å². The number of carboxylic acid groups (broad SMARTS) is 1. The maximum Gasteiger partial charge on any atom is 0.356 e. The van der Waals surface area contributed by atoms with Crippen LogP contribution >= 0.6 is 0 Å². The summed E-state index contributed by atoms with van der Waals surface area (Å²) < 4.78 is 6.94. The minimum atomic E-state index is -1.03. The summed E-state index contributed by atoms with van der Waals surface area (Å²) in [6.45, 7) is 0.737. The van der Waals surface area contributed by atoms with E-state index >= 15 is 0 Å². The smallest absolute Gasteiger partial charge is 0.356 e. The number of aromatic carboxylic acids is 1. The van der Waals surface area contributed by atoms with Gasteiger partial charge in [0.2, 0.25) is 0 Å². The minimum Gasteiger partial charge on any atom is -0.496 e. The molecule has 1 aromatic carbocycles. The number of hydrogen-bond donors (Lipinski definition) is 1. The SMILES string of the molecule is COc1ccc(-c2cc(C(=O)O)nn2C)cc1CN(C)C. The first-order valence-electron chi connectivity index (χ1n) is 6.51. The molecule has 0 bridgehead atoms. The van der Waals surface area contributed by atoms with Crippen LogP contribution in [-0.4, -0.2) is 47.0 Å². The van der Waals surface area contributed by atoms with Gasteiger partial charge < -0.3 is 14.7 Å². The number of aromatic nitrogens is 2. The molecule has 21 heavy (non-hydrogen) atoms. The third kappa shape index (κ3) is 3.22. The van der Waals surface area contributed by atoms with Gasteiger partial charge in [-0.2, -0.15) is 5.10 Å². The lowest BCUT2D eigenvalue weighted by Crippen LogP contribution is -2.11. The summed E-state index contributed by atoms with van der Waals surface area (Å²) in [7, 11) is 7.34. The summed E-state index contributed by atoms with van der Waals surface area (Å²) in [5, 5.41) is 13.0. The molecule has 0 saturated heterocycles. The zero-order chi connectivity index (χ0) is 15.6. The van der Waals surface area contributed by atoms with Crippen LogP contribution in [0.15, 0.2) is 24.3 Å². The maximum absolute atomic E-state index is 11.0. The maximum atomic E-state index is 11.0. The number of nitrogens with zero attached hydrogens (tertiary/aromatic N) is 3. The van der Waals surface area contributed by atoms with Crippen molar-refractivity contribution in [1.29, 1.82) is 0 Å². The number of carbonyl (C=O) groups is 1. The van der Waals surface area contributed by atoms with Crippen molar-refractivity contribution in [1.82, 2.24) is 14.7 Å². The Balaban J connectivity index is 2.47. The van der Waals surface area contributed by atoms with E-state index in [4.69, 9.17) is 9.84 Å². The largest absolute Gasteiger partial charge is 0.496 e. The molecule has 0 fully saturated rings. The van der Waals surface area contributed by atoms with Crippen LogP contribution in [0.5, 0.6) is 5.75 Å². The molecular weight excluding hydrogens is 270 g/mol. The van der Waals surface area contributed by atoms with E-state index in [1.807, 2.05) is 37.2 Å². The second kappa shape index (κ2) is 5.97. The lowest BCUT2D eigenvalue weighted by molar-refractivity contribution is 0.0689. The summed E-state index contributed by atoms with van der Waals surface area (Å²) >= 11 is 0. The molecule has 2 aromatic rings. The highest BCUT2D eigenvalue weighted by atomic mass is 16.5. The topological polar surface area (TPSA) is 67.6 Å². The second-order valence-electron chi connectivity index (χ2n) is 5.11. The van der Waals surface area contributed by atoms with Crippen molar-refractivity contribution in [2.75, 3.05) is 21.2 Å². The van der Waals surface area contributed by atoms with E-state index in [-0.39, 0.29) is 5.69 Å². The van der Waals surface area contributed by atoms with Crippen LogP contribution in [0.25, 0.3) is 11.3 Å². The fraction of sp³-hybridized carbons (Fsp3) is 0.333. The van der Waals surface area contributed by atoms with Crippen LogP contribution in [0.2, 0.25) is 0 Å². The molecule has 0 amide bonds. The molecule has 0 atom stereocenters. The third-order valence-electron chi connectivity index (χ3n) is 3.16. The molecule has 112 valence electrons. The zero-order valence-corrected chi connectivity index (χ0v) is 12.6. The molecular formula is C15H19N3O3. The van der Waals surface area contributed by atoms with Gasteiger partial charge in [0.15, 0.2) is 5.69 Å². The lowest BCUT2D eigenvalue weighted by atomic mass is 10.1. The van der Waals surface area contributed by atoms with E-state index < -0.39 is 5.97 Å². The van der Waals surface area contributed by atoms with Crippen LogP contribution in [-0.2, 0) is 13.6 Å². The quantitative estimate of drug-likeness (QED) is 0.910. The fourth-order valence-corrected chi connectivity index (χ4v) is 2.24. The highest BCUT2D eigenvalue weighted by Gasteiger charge is 2.14. The van der Waals surface area contributed by atoms with Crippen LogP contribution in [0.1, 0.15) is 16.1 Å². The Kier molecular flexibility index (Phi) is 4.28. The molecule has 2 rings (SSSR count). The molecule has 0 aliphatic rings. The minimum absolute atomic E-state index is 0.0393. The normalized spacial score (nSPS) is 10.9. The van der Waals surface area contributed by atoms with E-state index in [1.54, 1.807) is 24.9 Å². The number of aryl methyl sites for hydroxylation is 1. The first-order chi connectivity index (χ1) is 9.92. The third-order valence-corrected chi connectivity index (χ3v) is 3.16. The molecule has 1 N–H and O–H groups in total. The number of benzene rings is 1. The van der Waals surface area contributed by atoms with Gasteiger partial charge >= 0.3 is 5.97 Å².